The van der Waals surface area contributed by atoms with Gasteiger partial charge in [0.05, 0.1) is 18.0 Å². The van der Waals surface area contributed by atoms with Gasteiger partial charge < -0.3 is 15.8 Å². The van der Waals surface area contributed by atoms with E-state index in [1.54, 1.807) is 13.0 Å². The number of nitrogens with one attached hydrogen (secondary N) is 1. The molecule has 0 spiro atoms. The molecular formula is C15H15FN4O3S. The van der Waals surface area contributed by atoms with Gasteiger partial charge in [0.2, 0.25) is 5.91 Å². The minimum Gasteiger partial charge on any atom is -0.462 e. The fourth-order valence-corrected chi connectivity index (χ4v) is 2.32. The number of hydrogen-bond donors (Lipinski definition) is 2. The fraction of sp³-hybridized carbons (Fsp3) is 0.200. The Morgan fingerprint density at radius 1 is 1.38 bits per heavy atom. The lowest BCUT2D eigenvalue weighted by Gasteiger charge is -2.07. The molecule has 0 aliphatic rings. The zero-order valence-corrected chi connectivity index (χ0v) is 13.6. The molecule has 0 radical (unpaired) electrons. The van der Waals surface area contributed by atoms with E-state index < -0.39 is 17.7 Å². The Bertz CT molecular complexity index is 757. The number of thioether (sulfide) groups is 1. The van der Waals surface area contributed by atoms with Gasteiger partial charge in [0.1, 0.15) is 17.2 Å². The molecule has 0 bridgehead atoms. The second kappa shape index (κ2) is 8.25. The van der Waals surface area contributed by atoms with Gasteiger partial charge in [-0.3, -0.25) is 4.79 Å². The lowest BCUT2D eigenvalue weighted by Crippen LogP contribution is -2.15. The van der Waals surface area contributed by atoms with Gasteiger partial charge in [0, 0.05) is 6.20 Å². The Morgan fingerprint density at radius 3 is 2.79 bits per heavy atom. The summed E-state index contributed by atoms with van der Waals surface area (Å²) in [6.45, 7) is 1.89. The van der Waals surface area contributed by atoms with E-state index in [4.69, 9.17) is 10.5 Å². The highest BCUT2D eigenvalue weighted by Gasteiger charge is 2.14. The molecule has 3 N–H and O–H groups in total. The quantitative estimate of drug-likeness (QED) is 0.467. The van der Waals surface area contributed by atoms with Crippen LogP contribution in [0.15, 0.2) is 35.6 Å². The number of ether oxygens (including phenoxy) is 1. The first-order valence-electron chi connectivity index (χ1n) is 6.98. The number of para-hydroxylation sites is 1. The summed E-state index contributed by atoms with van der Waals surface area (Å²) in [4.78, 5) is 31.3. The van der Waals surface area contributed by atoms with E-state index >= 15 is 0 Å². The summed E-state index contributed by atoms with van der Waals surface area (Å²) in [6.07, 6.45) is 1.25. The number of carbonyl (C=O) groups excluding carboxylic acids is 2. The Labute approximate surface area is 141 Å². The van der Waals surface area contributed by atoms with Crippen LogP contribution in [-0.2, 0) is 9.53 Å². The summed E-state index contributed by atoms with van der Waals surface area (Å²) in [5, 5.41) is 2.67. The van der Waals surface area contributed by atoms with Crippen LogP contribution in [0, 0.1) is 5.82 Å². The normalized spacial score (nSPS) is 10.2. The zero-order chi connectivity index (χ0) is 17.5. The van der Waals surface area contributed by atoms with Crippen LogP contribution in [0.5, 0.6) is 0 Å². The number of benzene rings is 1. The molecule has 7 nitrogen and oxygen atoms in total. The summed E-state index contributed by atoms with van der Waals surface area (Å²) < 4.78 is 18.3. The van der Waals surface area contributed by atoms with Crippen LogP contribution in [0.25, 0.3) is 0 Å². The standard InChI is InChI=1S/C15H15FN4O3S/c1-2-23-14(22)9-7-18-15(20-13(9)17)24-8-12(21)19-11-6-4-3-5-10(11)16/h3-7H,2,8H2,1H3,(H,19,21)(H2,17,18,20). The molecule has 2 rings (SSSR count). The molecule has 0 aliphatic heterocycles. The smallest absolute Gasteiger partial charge is 0.343 e. The molecule has 0 atom stereocenters. The molecule has 1 amide bonds. The number of esters is 1. The summed E-state index contributed by atoms with van der Waals surface area (Å²) >= 11 is 1.01. The molecule has 9 heteroatoms. The van der Waals surface area contributed by atoms with E-state index in [0.717, 1.165) is 11.8 Å². The predicted molar refractivity (Wildman–Crippen MR) is 88.2 cm³/mol. The van der Waals surface area contributed by atoms with Crippen molar-refractivity contribution in [3.8, 4) is 0 Å². The van der Waals surface area contributed by atoms with Crippen molar-refractivity contribution in [2.45, 2.75) is 12.1 Å². The van der Waals surface area contributed by atoms with Crippen LogP contribution in [0.4, 0.5) is 15.9 Å². The van der Waals surface area contributed by atoms with Gasteiger partial charge in [-0.25, -0.2) is 19.2 Å². The Hall–Kier alpha value is -2.68. The Morgan fingerprint density at radius 2 is 2.12 bits per heavy atom. The number of nitrogen functional groups attached to an aromatic ring is 1. The zero-order valence-electron chi connectivity index (χ0n) is 12.8. The molecule has 0 fully saturated rings. The van der Waals surface area contributed by atoms with Crippen molar-refractivity contribution >= 4 is 35.1 Å². The van der Waals surface area contributed by atoms with Crippen LogP contribution >= 0.6 is 11.8 Å². The van der Waals surface area contributed by atoms with E-state index in [9.17, 15) is 14.0 Å². The van der Waals surface area contributed by atoms with Crippen LogP contribution in [0.2, 0.25) is 0 Å². The number of carbonyl (C=O) groups is 2. The largest absolute Gasteiger partial charge is 0.462 e. The van der Waals surface area contributed by atoms with Crippen LogP contribution in [0.3, 0.4) is 0 Å². The fourth-order valence-electron chi connectivity index (χ4n) is 1.69. The molecule has 24 heavy (non-hydrogen) atoms. The summed E-state index contributed by atoms with van der Waals surface area (Å²) in [5.41, 5.74) is 5.85. The van der Waals surface area contributed by atoms with E-state index in [2.05, 4.69) is 15.3 Å². The van der Waals surface area contributed by atoms with Crippen LogP contribution in [0.1, 0.15) is 17.3 Å². The molecule has 0 saturated heterocycles. The summed E-state index contributed by atoms with van der Waals surface area (Å²) in [6, 6.07) is 5.85. The van der Waals surface area contributed by atoms with Gasteiger partial charge in [-0.1, -0.05) is 23.9 Å². The van der Waals surface area contributed by atoms with E-state index in [-0.39, 0.29) is 34.6 Å². The predicted octanol–water partition coefficient (Wildman–Crippen LogP) is 2.11. The van der Waals surface area contributed by atoms with Gasteiger partial charge in [-0.15, -0.1) is 0 Å². The van der Waals surface area contributed by atoms with Crippen LogP contribution in [-0.4, -0.2) is 34.2 Å². The average molecular weight is 350 g/mol. The van der Waals surface area contributed by atoms with E-state index in [1.165, 1.54) is 24.4 Å². The summed E-state index contributed by atoms with van der Waals surface area (Å²) in [7, 11) is 0. The van der Waals surface area contributed by atoms with Crippen molar-refractivity contribution in [1.82, 2.24) is 9.97 Å². The minimum absolute atomic E-state index is 0.0274. The van der Waals surface area contributed by atoms with Crippen molar-refractivity contribution in [1.29, 1.82) is 0 Å². The number of anilines is 2. The molecular weight excluding hydrogens is 335 g/mol. The van der Waals surface area contributed by atoms with Gasteiger partial charge in [0.25, 0.3) is 0 Å². The van der Waals surface area contributed by atoms with Crippen molar-refractivity contribution < 1.29 is 18.7 Å². The number of hydrogen-bond acceptors (Lipinski definition) is 7. The van der Waals surface area contributed by atoms with Crippen molar-refractivity contribution in [3.63, 3.8) is 0 Å². The maximum absolute atomic E-state index is 13.4. The maximum atomic E-state index is 13.4. The number of halogens is 1. The SMILES string of the molecule is CCOC(=O)c1cnc(SCC(=O)Nc2ccccc2F)nc1N. The second-order valence-electron chi connectivity index (χ2n) is 4.49. The van der Waals surface area contributed by atoms with Crippen molar-refractivity contribution in [3.05, 3.63) is 41.8 Å². The Balaban J connectivity index is 1.94. The second-order valence-corrected chi connectivity index (χ2v) is 5.43. The highest BCUT2D eigenvalue weighted by molar-refractivity contribution is 7.99. The topological polar surface area (TPSA) is 107 Å². The molecule has 1 aromatic carbocycles. The highest BCUT2D eigenvalue weighted by Crippen LogP contribution is 2.18. The average Bonchev–Trinajstić information content (AvgIpc) is 2.55. The minimum atomic E-state index is -0.608. The molecule has 0 saturated carbocycles. The molecule has 126 valence electrons. The lowest BCUT2D eigenvalue weighted by molar-refractivity contribution is -0.113. The number of rotatable bonds is 6. The first-order valence-corrected chi connectivity index (χ1v) is 7.96. The first kappa shape index (κ1) is 17.7. The van der Waals surface area contributed by atoms with Crippen molar-refractivity contribution in [2.24, 2.45) is 0 Å². The van der Waals surface area contributed by atoms with Crippen molar-refractivity contribution in [2.75, 3.05) is 23.4 Å². The monoisotopic (exact) mass is 350 g/mol. The molecule has 1 aromatic heterocycles. The third kappa shape index (κ3) is 4.66. The third-order valence-electron chi connectivity index (χ3n) is 2.77. The van der Waals surface area contributed by atoms with E-state index in [0.29, 0.717) is 0 Å². The van der Waals surface area contributed by atoms with Gasteiger partial charge in [-0.2, -0.15) is 0 Å². The number of amides is 1. The summed E-state index contributed by atoms with van der Waals surface area (Å²) in [5.74, 6) is -1.60. The molecule has 0 unspecified atom stereocenters. The first-order chi connectivity index (χ1) is 11.5. The van der Waals surface area contributed by atoms with Gasteiger partial charge in [0.15, 0.2) is 5.16 Å². The number of aromatic nitrogens is 2. The van der Waals surface area contributed by atoms with Gasteiger partial charge >= 0.3 is 5.97 Å². The third-order valence-corrected chi connectivity index (χ3v) is 3.63. The maximum Gasteiger partial charge on any atom is 0.343 e. The van der Waals surface area contributed by atoms with Gasteiger partial charge in [-0.05, 0) is 19.1 Å². The van der Waals surface area contributed by atoms with E-state index in [1.807, 2.05) is 0 Å². The number of nitrogens with zero attached hydrogens (tertiary/aromatic N) is 2. The number of nitrogens with two attached hydrogens (primary N) is 1. The highest BCUT2D eigenvalue weighted by atomic mass is 32.2. The molecule has 1 heterocycles. The van der Waals surface area contributed by atoms with Crippen LogP contribution < -0.4 is 11.1 Å². The molecule has 0 aliphatic carbocycles. The molecule has 2 aromatic rings. The lowest BCUT2D eigenvalue weighted by atomic mass is 10.3. The Kier molecular flexibility index (Phi) is 6.07.